The second-order valence-electron chi connectivity index (χ2n) is 4.62. The molecule has 1 atom stereocenters. The first kappa shape index (κ1) is 13.5. The number of hydrogen-bond donors (Lipinski definition) is 1. The Bertz CT molecular complexity index is 680. The molecule has 3 rings (SSSR count). The van der Waals surface area contributed by atoms with Gasteiger partial charge in [-0.25, -0.2) is 0 Å². The molecule has 2 nitrogen and oxygen atoms in total. The highest BCUT2D eigenvalue weighted by molar-refractivity contribution is 6.42. The molecule has 102 valence electrons. The van der Waals surface area contributed by atoms with E-state index in [0.29, 0.717) is 16.7 Å². The topological polar surface area (TPSA) is 29.5 Å². The fraction of sp³-hybridized carbons (Fsp3) is 0.125. The van der Waals surface area contributed by atoms with Crippen molar-refractivity contribution in [2.75, 3.05) is 6.61 Å². The van der Waals surface area contributed by atoms with Crippen molar-refractivity contribution in [3.05, 3.63) is 69.2 Å². The van der Waals surface area contributed by atoms with Gasteiger partial charge in [0.1, 0.15) is 18.5 Å². The number of halogens is 2. The number of aliphatic hydroxyl groups excluding tert-OH is 1. The van der Waals surface area contributed by atoms with E-state index in [1.807, 2.05) is 36.4 Å². The molecule has 1 unspecified atom stereocenters. The third-order valence-electron chi connectivity index (χ3n) is 3.25. The number of aliphatic hydroxyl groups is 1. The Morgan fingerprint density at radius 3 is 2.70 bits per heavy atom. The predicted octanol–water partition coefficient (Wildman–Crippen LogP) is 4.50. The van der Waals surface area contributed by atoms with E-state index in [9.17, 15) is 5.11 Å². The third kappa shape index (κ3) is 2.55. The minimum absolute atomic E-state index is 0.360. The fourth-order valence-electron chi connectivity index (χ4n) is 2.21. The number of benzene rings is 2. The van der Waals surface area contributed by atoms with E-state index < -0.39 is 6.10 Å². The van der Waals surface area contributed by atoms with Crippen LogP contribution in [0.5, 0.6) is 5.75 Å². The van der Waals surface area contributed by atoms with Gasteiger partial charge in [0.25, 0.3) is 0 Å². The summed E-state index contributed by atoms with van der Waals surface area (Å²) in [6.07, 6.45) is 1.22. The van der Waals surface area contributed by atoms with Crippen LogP contribution in [0.15, 0.2) is 48.0 Å². The van der Waals surface area contributed by atoms with E-state index in [1.165, 1.54) is 0 Å². The average Bonchev–Trinajstić information content (AvgIpc) is 2.46. The van der Waals surface area contributed by atoms with Crippen molar-refractivity contribution in [3.63, 3.8) is 0 Å². The molecule has 2 aromatic carbocycles. The lowest BCUT2D eigenvalue weighted by Gasteiger charge is -2.25. The van der Waals surface area contributed by atoms with Crippen molar-refractivity contribution in [2.24, 2.45) is 0 Å². The minimum Gasteiger partial charge on any atom is -0.489 e. The molecule has 1 aliphatic heterocycles. The van der Waals surface area contributed by atoms with E-state index in [0.717, 1.165) is 22.4 Å². The highest BCUT2D eigenvalue weighted by Crippen LogP contribution is 2.35. The number of fused-ring (bicyclic) bond motifs is 1. The first-order valence-corrected chi connectivity index (χ1v) is 6.96. The minimum atomic E-state index is -0.658. The molecular weight excluding hydrogens is 295 g/mol. The van der Waals surface area contributed by atoms with Crippen LogP contribution in [0.1, 0.15) is 17.2 Å². The average molecular weight is 307 g/mol. The summed E-state index contributed by atoms with van der Waals surface area (Å²) in [4.78, 5) is 0. The van der Waals surface area contributed by atoms with Crippen molar-refractivity contribution in [1.82, 2.24) is 0 Å². The molecule has 0 amide bonds. The van der Waals surface area contributed by atoms with Gasteiger partial charge in [-0.2, -0.15) is 0 Å². The molecule has 0 spiro atoms. The first-order valence-electron chi connectivity index (χ1n) is 6.20. The molecule has 0 aromatic heterocycles. The maximum Gasteiger partial charge on any atom is 0.125 e. The van der Waals surface area contributed by atoms with Gasteiger partial charge in [-0.05, 0) is 29.8 Å². The molecule has 1 heterocycles. The van der Waals surface area contributed by atoms with E-state index >= 15 is 0 Å². The van der Waals surface area contributed by atoms with Gasteiger partial charge in [0.15, 0.2) is 0 Å². The van der Waals surface area contributed by atoms with Gasteiger partial charge < -0.3 is 9.84 Å². The van der Waals surface area contributed by atoms with Crippen LogP contribution in [-0.2, 0) is 0 Å². The molecular formula is C16H12Cl2O2. The van der Waals surface area contributed by atoms with Crippen LogP contribution in [-0.4, -0.2) is 11.7 Å². The van der Waals surface area contributed by atoms with Crippen molar-refractivity contribution in [1.29, 1.82) is 0 Å². The Morgan fingerprint density at radius 1 is 1.10 bits per heavy atom. The van der Waals surface area contributed by atoms with Crippen LogP contribution in [0.4, 0.5) is 0 Å². The van der Waals surface area contributed by atoms with E-state index in [1.54, 1.807) is 12.1 Å². The van der Waals surface area contributed by atoms with Crippen molar-refractivity contribution < 1.29 is 9.84 Å². The zero-order valence-electron chi connectivity index (χ0n) is 10.5. The maximum absolute atomic E-state index is 10.4. The molecule has 0 radical (unpaired) electrons. The third-order valence-corrected chi connectivity index (χ3v) is 3.99. The van der Waals surface area contributed by atoms with Gasteiger partial charge in [-0.15, -0.1) is 0 Å². The quantitative estimate of drug-likeness (QED) is 0.840. The molecule has 1 N–H and O–H groups in total. The predicted molar refractivity (Wildman–Crippen MR) is 81.3 cm³/mol. The summed E-state index contributed by atoms with van der Waals surface area (Å²) in [7, 11) is 0. The van der Waals surface area contributed by atoms with Gasteiger partial charge in [0.05, 0.1) is 10.0 Å². The molecule has 20 heavy (non-hydrogen) atoms. The molecule has 0 fully saturated rings. The van der Waals surface area contributed by atoms with Gasteiger partial charge in [0, 0.05) is 11.1 Å². The van der Waals surface area contributed by atoms with Crippen LogP contribution in [0.3, 0.4) is 0 Å². The molecule has 1 aliphatic rings. The zero-order chi connectivity index (χ0) is 14.1. The smallest absolute Gasteiger partial charge is 0.125 e. The number of ether oxygens (including phenoxy) is 1. The van der Waals surface area contributed by atoms with Crippen LogP contribution in [0.25, 0.3) is 6.08 Å². The summed E-state index contributed by atoms with van der Waals surface area (Å²) in [5.74, 6) is 0.728. The second kappa shape index (κ2) is 5.49. The molecule has 0 aliphatic carbocycles. The summed E-state index contributed by atoms with van der Waals surface area (Å²) >= 11 is 11.9. The van der Waals surface area contributed by atoms with Gasteiger partial charge in [-0.3, -0.25) is 0 Å². The monoisotopic (exact) mass is 306 g/mol. The van der Waals surface area contributed by atoms with E-state index in [-0.39, 0.29) is 0 Å². The summed E-state index contributed by atoms with van der Waals surface area (Å²) < 4.78 is 5.65. The van der Waals surface area contributed by atoms with Crippen molar-refractivity contribution in [2.45, 2.75) is 6.10 Å². The van der Waals surface area contributed by atoms with E-state index in [4.69, 9.17) is 27.9 Å². The molecule has 0 bridgehead atoms. The lowest BCUT2D eigenvalue weighted by atomic mass is 9.97. The molecule has 0 saturated heterocycles. The lowest BCUT2D eigenvalue weighted by Crippen LogP contribution is -2.17. The normalized spacial score (nSPS) is 19.6. The van der Waals surface area contributed by atoms with Crippen LogP contribution in [0, 0.1) is 0 Å². The summed E-state index contributed by atoms with van der Waals surface area (Å²) in [6.45, 7) is 0.360. The number of hydrogen-bond acceptors (Lipinski definition) is 2. The van der Waals surface area contributed by atoms with Gasteiger partial charge in [-0.1, -0.05) is 47.5 Å². The molecule has 4 heteroatoms. The Labute approximate surface area is 127 Å². The lowest BCUT2D eigenvalue weighted by molar-refractivity contribution is 0.172. The highest BCUT2D eigenvalue weighted by Gasteiger charge is 2.23. The van der Waals surface area contributed by atoms with Gasteiger partial charge >= 0.3 is 0 Å². The van der Waals surface area contributed by atoms with Crippen molar-refractivity contribution >= 4 is 29.3 Å². The van der Waals surface area contributed by atoms with E-state index in [2.05, 4.69) is 0 Å². The summed E-state index contributed by atoms with van der Waals surface area (Å²) in [5, 5.41) is 11.4. The second-order valence-corrected chi connectivity index (χ2v) is 5.44. The largest absolute Gasteiger partial charge is 0.489 e. The van der Waals surface area contributed by atoms with Crippen LogP contribution < -0.4 is 4.74 Å². The highest BCUT2D eigenvalue weighted by atomic mass is 35.5. The summed E-state index contributed by atoms with van der Waals surface area (Å²) in [6, 6.07) is 12.8. The number of rotatable bonds is 1. The Hall–Kier alpha value is -1.48. The first-order chi connectivity index (χ1) is 9.65. The standard InChI is InChI=1S/C16H12Cl2O2/c17-13-6-5-10(8-14(13)18)7-11-9-20-15-4-2-1-3-12(15)16(11)19/h1-8,16,19H,9H2. The van der Waals surface area contributed by atoms with Crippen molar-refractivity contribution in [3.8, 4) is 5.75 Å². The van der Waals surface area contributed by atoms with Crippen LogP contribution in [0.2, 0.25) is 10.0 Å². The summed E-state index contributed by atoms with van der Waals surface area (Å²) in [5.41, 5.74) is 2.46. The zero-order valence-corrected chi connectivity index (χ0v) is 12.0. The molecule has 0 saturated carbocycles. The Morgan fingerprint density at radius 2 is 1.90 bits per heavy atom. The fourth-order valence-corrected chi connectivity index (χ4v) is 2.52. The van der Waals surface area contributed by atoms with Crippen LogP contribution >= 0.6 is 23.2 Å². The Kier molecular flexibility index (Phi) is 3.70. The SMILES string of the molecule is OC1C(=Cc2ccc(Cl)c(Cl)c2)COc2ccccc21. The van der Waals surface area contributed by atoms with Gasteiger partial charge in [0.2, 0.25) is 0 Å². The Balaban J connectivity index is 1.95. The molecule has 2 aromatic rings. The maximum atomic E-state index is 10.4. The number of para-hydroxylation sites is 1.